The maximum atomic E-state index is 12.9. The highest BCUT2D eigenvalue weighted by Gasteiger charge is 2.15. The number of esters is 1. The van der Waals surface area contributed by atoms with Crippen molar-refractivity contribution in [2.24, 2.45) is 10.2 Å². The van der Waals surface area contributed by atoms with Crippen LogP contribution < -0.4 is 10.4 Å². The van der Waals surface area contributed by atoms with Crippen molar-refractivity contribution in [3.05, 3.63) is 92.3 Å². The lowest BCUT2D eigenvalue weighted by atomic mass is 10.1. The maximum Gasteiger partial charge on any atom is 0.344 e. The molecule has 136 valence electrons. The van der Waals surface area contributed by atoms with Crippen LogP contribution in [0.15, 0.2) is 81.0 Å². The van der Waals surface area contributed by atoms with E-state index in [1.54, 1.807) is 24.3 Å². The molecule has 0 aliphatic rings. The van der Waals surface area contributed by atoms with Crippen molar-refractivity contribution < 1.29 is 9.53 Å². The van der Waals surface area contributed by atoms with Crippen LogP contribution >= 0.6 is 11.3 Å². The SMILES string of the molecule is COC(=O)c1cs/c(=N\N=C(\C)c2ccccc2)n(-c2ccccc2)c1=O. The van der Waals surface area contributed by atoms with Crippen LogP contribution in [0.2, 0.25) is 0 Å². The zero-order valence-electron chi connectivity index (χ0n) is 14.8. The van der Waals surface area contributed by atoms with Crippen molar-refractivity contribution >= 4 is 23.0 Å². The maximum absolute atomic E-state index is 12.9. The molecule has 0 fully saturated rings. The molecule has 3 rings (SSSR count). The summed E-state index contributed by atoms with van der Waals surface area (Å²) in [5.41, 5.74) is 1.70. The molecular weight excluding hydrogens is 362 g/mol. The summed E-state index contributed by atoms with van der Waals surface area (Å²) < 4.78 is 6.06. The molecule has 2 aromatic carbocycles. The molecule has 0 unspecified atom stereocenters. The fourth-order valence-corrected chi connectivity index (χ4v) is 3.20. The minimum atomic E-state index is -0.684. The molecule has 27 heavy (non-hydrogen) atoms. The van der Waals surface area contributed by atoms with E-state index in [1.807, 2.05) is 43.3 Å². The minimum Gasteiger partial charge on any atom is -0.465 e. The summed E-state index contributed by atoms with van der Waals surface area (Å²) in [6, 6.07) is 18.6. The predicted octanol–water partition coefficient (Wildman–Crippen LogP) is 3.01. The first-order chi connectivity index (χ1) is 13.1. The summed E-state index contributed by atoms with van der Waals surface area (Å²) >= 11 is 1.14. The van der Waals surface area contributed by atoms with Crippen LogP contribution in [0.25, 0.3) is 5.69 Å². The van der Waals surface area contributed by atoms with Gasteiger partial charge in [-0.25, -0.2) is 4.79 Å². The van der Waals surface area contributed by atoms with Crippen LogP contribution in [0, 0.1) is 0 Å². The topological polar surface area (TPSA) is 73.0 Å². The van der Waals surface area contributed by atoms with Gasteiger partial charge in [0.2, 0.25) is 4.80 Å². The Balaban J connectivity index is 2.20. The number of ether oxygens (including phenoxy) is 1. The van der Waals surface area contributed by atoms with Gasteiger partial charge in [0.25, 0.3) is 5.56 Å². The standard InChI is InChI=1S/C20H17N3O3S/c1-14(15-9-5-3-6-10-15)21-22-20-23(16-11-7-4-8-12-16)18(24)17(13-27-20)19(25)26-2/h3-13H,1-2H3/b21-14-,22-20-. The van der Waals surface area contributed by atoms with Crippen molar-refractivity contribution in [1.29, 1.82) is 0 Å². The number of para-hydroxylation sites is 1. The molecule has 1 aromatic heterocycles. The van der Waals surface area contributed by atoms with Gasteiger partial charge >= 0.3 is 5.97 Å². The summed E-state index contributed by atoms with van der Waals surface area (Å²) in [5, 5.41) is 9.97. The Kier molecular flexibility index (Phi) is 5.73. The minimum absolute atomic E-state index is 0.0472. The molecule has 0 N–H and O–H groups in total. The van der Waals surface area contributed by atoms with Gasteiger partial charge < -0.3 is 4.74 Å². The Morgan fingerprint density at radius 3 is 2.30 bits per heavy atom. The van der Waals surface area contributed by atoms with Crippen molar-refractivity contribution in [2.45, 2.75) is 6.92 Å². The molecule has 0 saturated heterocycles. The Hall–Kier alpha value is -3.32. The predicted molar refractivity (Wildman–Crippen MR) is 105 cm³/mol. The van der Waals surface area contributed by atoms with Gasteiger partial charge in [0.1, 0.15) is 5.56 Å². The van der Waals surface area contributed by atoms with Crippen LogP contribution in [0.3, 0.4) is 0 Å². The fourth-order valence-electron chi connectivity index (χ4n) is 2.40. The van der Waals surface area contributed by atoms with Crippen molar-refractivity contribution in [2.75, 3.05) is 7.11 Å². The zero-order valence-corrected chi connectivity index (χ0v) is 15.6. The van der Waals surface area contributed by atoms with E-state index in [1.165, 1.54) is 17.1 Å². The number of hydrogen-bond acceptors (Lipinski definition) is 6. The van der Waals surface area contributed by atoms with Crippen LogP contribution in [0.5, 0.6) is 0 Å². The van der Waals surface area contributed by atoms with E-state index >= 15 is 0 Å². The number of carbonyl (C=O) groups is 1. The molecule has 0 aliphatic heterocycles. The average Bonchev–Trinajstić information content (AvgIpc) is 2.72. The summed E-state index contributed by atoms with van der Waals surface area (Å²) in [7, 11) is 1.24. The van der Waals surface area contributed by atoms with E-state index in [4.69, 9.17) is 4.74 Å². The van der Waals surface area contributed by atoms with Gasteiger partial charge in [-0.1, -0.05) is 48.5 Å². The van der Waals surface area contributed by atoms with E-state index in [-0.39, 0.29) is 5.56 Å². The molecule has 0 spiro atoms. The smallest absolute Gasteiger partial charge is 0.344 e. The molecule has 0 atom stereocenters. The molecule has 1 heterocycles. The van der Waals surface area contributed by atoms with E-state index in [0.717, 1.165) is 16.9 Å². The third-order valence-corrected chi connectivity index (χ3v) is 4.63. The normalized spacial score (nSPS) is 12.1. The van der Waals surface area contributed by atoms with Crippen LogP contribution in [-0.4, -0.2) is 23.4 Å². The zero-order chi connectivity index (χ0) is 19.2. The Morgan fingerprint density at radius 2 is 1.67 bits per heavy atom. The highest BCUT2D eigenvalue weighted by atomic mass is 32.1. The van der Waals surface area contributed by atoms with Crippen LogP contribution in [-0.2, 0) is 4.74 Å². The monoisotopic (exact) mass is 379 g/mol. The Morgan fingerprint density at radius 1 is 1.04 bits per heavy atom. The van der Waals surface area contributed by atoms with Crippen molar-refractivity contribution in [3.63, 3.8) is 0 Å². The second-order valence-corrected chi connectivity index (χ2v) is 6.39. The van der Waals surface area contributed by atoms with Crippen LogP contribution in [0.1, 0.15) is 22.8 Å². The highest BCUT2D eigenvalue weighted by molar-refractivity contribution is 7.07. The Labute approximate surface area is 159 Å². The first kappa shape index (κ1) is 18.5. The highest BCUT2D eigenvalue weighted by Crippen LogP contribution is 2.05. The van der Waals surface area contributed by atoms with Crippen molar-refractivity contribution in [1.82, 2.24) is 4.57 Å². The van der Waals surface area contributed by atoms with Crippen LogP contribution in [0.4, 0.5) is 0 Å². The van der Waals surface area contributed by atoms with E-state index < -0.39 is 11.5 Å². The van der Waals surface area contributed by atoms with Gasteiger partial charge in [-0.05, 0) is 24.6 Å². The number of nitrogens with zero attached hydrogens (tertiary/aromatic N) is 3. The summed E-state index contributed by atoms with van der Waals surface area (Å²) in [5.74, 6) is -0.684. The molecular formula is C20H17N3O3S. The van der Waals surface area contributed by atoms with Gasteiger partial charge in [0.15, 0.2) is 0 Å². The lowest BCUT2D eigenvalue weighted by Crippen LogP contribution is -2.34. The van der Waals surface area contributed by atoms with Gasteiger partial charge in [0.05, 0.1) is 18.5 Å². The molecule has 7 heteroatoms. The molecule has 6 nitrogen and oxygen atoms in total. The fraction of sp³-hybridized carbons (Fsp3) is 0.100. The molecule has 3 aromatic rings. The summed E-state index contributed by atoms with van der Waals surface area (Å²) in [4.78, 5) is 25.1. The number of methoxy groups -OCH3 is 1. The number of benzene rings is 2. The van der Waals surface area contributed by atoms with Gasteiger partial charge in [-0.3, -0.25) is 9.36 Å². The third-order valence-electron chi connectivity index (χ3n) is 3.80. The van der Waals surface area contributed by atoms with Crippen molar-refractivity contribution in [3.8, 4) is 5.69 Å². The van der Waals surface area contributed by atoms with Gasteiger partial charge in [0, 0.05) is 5.38 Å². The average molecular weight is 379 g/mol. The molecule has 0 saturated carbocycles. The molecule has 0 aliphatic carbocycles. The second kappa shape index (κ2) is 8.37. The Bertz CT molecular complexity index is 1100. The van der Waals surface area contributed by atoms with Gasteiger partial charge in [-0.15, -0.1) is 16.4 Å². The first-order valence-corrected chi connectivity index (χ1v) is 9.02. The lowest BCUT2D eigenvalue weighted by molar-refractivity contribution is 0.0598. The molecule has 0 amide bonds. The second-order valence-electron chi connectivity index (χ2n) is 5.55. The van der Waals surface area contributed by atoms with E-state index in [2.05, 4.69) is 10.2 Å². The number of aromatic nitrogens is 1. The largest absolute Gasteiger partial charge is 0.465 e. The number of carbonyl (C=O) groups excluding carboxylic acids is 1. The molecule has 0 bridgehead atoms. The summed E-state index contributed by atoms with van der Waals surface area (Å²) in [6.07, 6.45) is 0. The quantitative estimate of drug-likeness (QED) is 0.397. The summed E-state index contributed by atoms with van der Waals surface area (Å²) in [6.45, 7) is 1.84. The van der Waals surface area contributed by atoms with Gasteiger partial charge in [-0.2, -0.15) is 5.10 Å². The van der Waals surface area contributed by atoms with E-state index in [0.29, 0.717) is 16.2 Å². The number of hydrogen-bond donors (Lipinski definition) is 0. The first-order valence-electron chi connectivity index (χ1n) is 8.14. The van der Waals surface area contributed by atoms with E-state index in [9.17, 15) is 9.59 Å². The lowest BCUT2D eigenvalue weighted by Gasteiger charge is -2.07. The third kappa shape index (κ3) is 4.09. The molecule has 0 radical (unpaired) electrons. The number of rotatable bonds is 4.